The highest BCUT2D eigenvalue weighted by molar-refractivity contribution is 6.22. The molecule has 3 nitrogen and oxygen atoms in total. The summed E-state index contributed by atoms with van der Waals surface area (Å²) in [4.78, 5) is 13.8. The Kier molecular flexibility index (Phi) is 2.30. The van der Waals surface area contributed by atoms with Gasteiger partial charge in [-0.05, 0) is 30.9 Å². The Morgan fingerprint density at radius 2 is 1.94 bits per heavy atom. The van der Waals surface area contributed by atoms with Gasteiger partial charge in [0, 0.05) is 12.1 Å². The van der Waals surface area contributed by atoms with Crippen LogP contribution in [0.5, 0.6) is 0 Å². The van der Waals surface area contributed by atoms with Crippen LogP contribution in [0.25, 0.3) is 5.57 Å². The molecular formula is C14H15NO2. The van der Waals surface area contributed by atoms with Crippen LogP contribution in [0.4, 0.5) is 0 Å². The Bertz CT molecular complexity index is 480. The highest BCUT2D eigenvalue weighted by atomic mass is 16.3. The van der Waals surface area contributed by atoms with Crippen molar-refractivity contribution in [1.82, 2.24) is 4.90 Å². The first-order valence-electron chi connectivity index (χ1n) is 6.03. The van der Waals surface area contributed by atoms with Crippen LogP contribution in [-0.2, 0) is 4.79 Å². The molecule has 2 aliphatic rings. The SMILES string of the molecule is O=C1C(c2ccccc2)=CC2(O)CCCCN12. The maximum Gasteiger partial charge on any atom is 0.256 e. The van der Waals surface area contributed by atoms with E-state index in [0.717, 1.165) is 18.4 Å². The predicted molar refractivity (Wildman–Crippen MR) is 64.9 cm³/mol. The van der Waals surface area contributed by atoms with Crippen molar-refractivity contribution in [2.75, 3.05) is 6.54 Å². The number of aliphatic hydroxyl groups is 1. The van der Waals surface area contributed by atoms with Crippen molar-refractivity contribution >= 4 is 11.5 Å². The Morgan fingerprint density at radius 1 is 1.18 bits per heavy atom. The number of benzene rings is 1. The molecule has 0 saturated carbocycles. The summed E-state index contributed by atoms with van der Waals surface area (Å²) in [5, 5.41) is 10.4. The zero-order valence-electron chi connectivity index (χ0n) is 9.60. The number of piperidine rings is 1. The lowest BCUT2D eigenvalue weighted by Crippen LogP contribution is -2.49. The van der Waals surface area contributed by atoms with Gasteiger partial charge in [-0.15, -0.1) is 0 Å². The molecule has 2 heterocycles. The molecule has 1 saturated heterocycles. The van der Waals surface area contributed by atoms with E-state index in [4.69, 9.17) is 0 Å². The lowest BCUT2D eigenvalue weighted by molar-refractivity contribution is -0.145. The van der Waals surface area contributed by atoms with E-state index in [1.54, 1.807) is 11.0 Å². The van der Waals surface area contributed by atoms with Crippen molar-refractivity contribution in [2.45, 2.75) is 25.0 Å². The van der Waals surface area contributed by atoms with Crippen molar-refractivity contribution in [3.05, 3.63) is 42.0 Å². The van der Waals surface area contributed by atoms with Crippen LogP contribution in [-0.4, -0.2) is 28.2 Å². The number of carbonyl (C=O) groups excluding carboxylic acids is 1. The van der Waals surface area contributed by atoms with Gasteiger partial charge in [0.25, 0.3) is 5.91 Å². The van der Waals surface area contributed by atoms with Crippen LogP contribution < -0.4 is 0 Å². The standard InChI is InChI=1S/C14H15NO2/c16-13-12(11-6-2-1-3-7-11)10-14(17)8-4-5-9-15(13)14/h1-3,6-7,10,17H,4-5,8-9H2. The second kappa shape index (κ2) is 3.70. The fraction of sp³-hybridized carbons (Fsp3) is 0.357. The largest absolute Gasteiger partial charge is 0.367 e. The van der Waals surface area contributed by atoms with Gasteiger partial charge < -0.3 is 10.0 Å². The van der Waals surface area contributed by atoms with Gasteiger partial charge in [-0.2, -0.15) is 0 Å². The van der Waals surface area contributed by atoms with Gasteiger partial charge >= 0.3 is 0 Å². The highest BCUT2D eigenvalue weighted by Gasteiger charge is 2.45. The van der Waals surface area contributed by atoms with Crippen LogP contribution in [0.3, 0.4) is 0 Å². The molecule has 0 aliphatic carbocycles. The predicted octanol–water partition coefficient (Wildman–Crippen LogP) is 1.78. The normalized spacial score (nSPS) is 27.9. The molecule has 17 heavy (non-hydrogen) atoms. The molecule has 1 N–H and O–H groups in total. The van der Waals surface area contributed by atoms with Gasteiger partial charge in [0.1, 0.15) is 0 Å². The summed E-state index contributed by atoms with van der Waals surface area (Å²) in [5.74, 6) is -0.0431. The van der Waals surface area contributed by atoms with Crippen molar-refractivity contribution < 1.29 is 9.90 Å². The monoisotopic (exact) mass is 229 g/mol. The summed E-state index contributed by atoms with van der Waals surface area (Å²) in [7, 11) is 0. The number of hydrogen-bond acceptors (Lipinski definition) is 2. The summed E-state index contributed by atoms with van der Waals surface area (Å²) < 4.78 is 0. The molecule has 1 aromatic carbocycles. The van der Waals surface area contributed by atoms with Crippen molar-refractivity contribution in [1.29, 1.82) is 0 Å². The number of carbonyl (C=O) groups is 1. The summed E-state index contributed by atoms with van der Waals surface area (Å²) >= 11 is 0. The van der Waals surface area contributed by atoms with E-state index in [9.17, 15) is 9.90 Å². The molecule has 1 unspecified atom stereocenters. The molecule has 1 atom stereocenters. The molecule has 0 spiro atoms. The third-order valence-electron chi connectivity index (χ3n) is 3.58. The lowest BCUT2D eigenvalue weighted by Gasteiger charge is -2.37. The highest BCUT2D eigenvalue weighted by Crippen LogP contribution is 2.37. The average molecular weight is 229 g/mol. The zero-order chi connectivity index (χ0) is 11.9. The molecule has 3 rings (SSSR count). The van der Waals surface area contributed by atoms with Crippen molar-refractivity contribution in [3.8, 4) is 0 Å². The van der Waals surface area contributed by atoms with Crippen molar-refractivity contribution in [2.24, 2.45) is 0 Å². The zero-order valence-corrected chi connectivity index (χ0v) is 9.60. The number of nitrogens with zero attached hydrogens (tertiary/aromatic N) is 1. The fourth-order valence-electron chi connectivity index (χ4n) is 2.67. The summed E-state index contributed by atoms with van der Waals surface area (Å²) in [6.07, 6.45) is 4.32. The van der Waals surface area contributed by atoms with Crippen molar-refractivity contribution in [3.63, 3.8) is 0 Å². The van der Waals surface area contributed by atoms with Crippen LogP contribution in [0.1, 0.15) is 24.8 Å². The van der Waals surface area contributed by atoms with Gasteiger partial charge in [-0.3, -0.25) is 4.79 Å². The minimum atomic E-state index is -1.04. The Balaban J connectivity index is 2.02. The second-order valence-corrected chi connectivity index (χ2v) is 4.72. The first kappa shape index (κ1) is 10.5. The second-order valence-electron chi connectivity index (χ2n) is 4.72. The Labute approximate surface area is 100 Å². The van der Waals surface area contributed by atoms with Gasteiger partial charge in [-0.1, -0.05) is 30.3 Å². The molecule has 1 amide bonds. The smallest absolute Gasteiger partial charge is 0.256 e. The molecule has 88 valence electrons. The summed E-state index contributed by atoms with van der Waals surface area (Å²) in [6.45, 7) is 0.655. The Hall–Kier alpha value is -1.61. The van der Waals surface area contributed by atoms with Crippen LogP contribution >= 0.6 is 0 Å². The van der Waals surface area contributed by atoms with Crippen LogP contribution in [0.15, 0.2) is 36.4 Å². The number of fused-ring (bicyclic) bond motifs is 1. The van der Waals surface area contributed by atoms with E-state index in [0.29, 0.717) is 18.5 Å². The maximum atomic E-state index is 12.2. The van der Waals surface area contributed by atoms with Gasteiger partial charge in [-0.25, -0.2) is 0 Å². The third kappa shape index (κ3) is 1.58. The third-order valence-corrected chi connectivity index (χ3v) is 3.58. The fourth-order valence-corrected chi connectivity index (χ4v) is 2.67. The van der Waals surface area contributed by atoms with Gasteiger partial charge in [0.2, 0.25) is 0 Å². The number of rotatable bonds is 1. The molecule has 1 fully saturated rings. The molecule has 1 aromatic rings. The van der Waals surface area contributed by atoms with E-state index in [1.165, 1.54) is 0 Å². The lowest BCUT2D eigenvalue weighted by atomic mass is 10.00. The molecule has 0 aromatic heterocycles. The molecule has 2 aliphatic heterocycles. The van der Waals surface area contributed by atoms with E-state index in [-0.39, 0.29) is 5.91 Å². The summed E-state index contributed by atoms with van der Waals surface area (Å²) in [6, 6.07) is 9.55. The van der Waals surface area contributed by atoms with E-state index >= 15 is 0 Å². The first-order chi connectivity index (χ1) is 8.21. The molecule has 3 heteroatoms. The number of hydrogen-bond donors (Lipinski definition) is 1. The van der Waals surface area contributed by atoms with E-state index < -0.39 is 5.72 Å². The van der Waals surface area contributed by atoms with Crippen LogP contribution in [0.2, 0.25) is 0 Å². The minimum absolute atomic E-state index is 0.0431. The molecule has 0 radical (unpaired) electrons. The number of amides is 1. The summed E-state index contributed by atoms with van der Waals surface area (Å²) in [5.41, 5.74) is 0.482. The van der Waals surface area contributed by atoms with Crippen LogP contribution in [0, 0.1) is 0 Å². The maximum absolute atomic E-state index is 12.2. The molecule has 0 bridgehead atoms. The van der Waals surface area contributed by atoms with E-state index in [1.807, 2.05) is 30.3 Å². The minimum Gasteiger partial charge on any atom is -0.367 e. The quantitative estimate of drug-likeness (QED) is 0.797. The van der Waals surface area contributed by atoms with Gasteiger partial charge in [0.05, 0.1) is 0 Å². The average Bonchev–Trinajstić information content (AvgIpc) is 2.63. The Morgan fingerprint density at radius 3 is 2.65 bits per heavy atom. The first-order valence-corrected chi connectivity index (χ1v) is 6.03. The topological polar surface area (TPSA) is 40.5 Å². The molecular weight excluding hydrogens is 214 g/mol. The van der Waals surface area contributed by atoms with E-state index in [2.05, 4.69) is 0 Å². The van der Waals surface area contributed by atoms with Gasteiger partial charge in [0.15, 0.2) is 5.72 Å².